The fourth-order valence-corrected chi connectivity index (χ4v) is 1.19. The molecule has 1 amide bonds. The highest BCUT2D eigenvalue weighted by Gasteiger charge is 2.06. The smallest absolute Gasteiger partial charge is 0.250 e. The van der Waals surface area contributed by atoms with Gasteiger partial charge in [0.05, 0.1) is 5.56 Å². The van der Waals surface area contributed by atoms with Crippen molar-refractivity contribution in [2.75, 3.05) is 18.5 Å². The number of hydrogen-bond acceptors (Lipinski definition) is 3. The van der Waals surface area contributed by atoms with E-state index in [9.17, 15) is 9.18 Å². The van der Waals surface area contributed by atoms with Gasteiger partial charge < -0.3 is 10.1 Å². The van der Waals surface area contributed by atoms with Crippen LogP contribution in [0.15, 0.2) is 18.2 Å². The maximum atomic E-state index is 13.0. The zero-order chi connectivity index (χ0) is 12.7. The summed E-state index contributed by atoms with van der Waals surface area (Å²) in [5.74, 6) is -0.929. The van der Waals surface area contributed by atoms with Crippen LogP contribution < -0.4 is 5.32 Å². The number of carbonyl (C=O) groups is 1. The van der Waals surface area contributed by atoms with Crippen molar-refractivity contribution in [1.29, 1.82) is 5.26 Å². The van der Waals surface area contributed by atoms with Crippen LogP contribution in [0.3, 0.4) is 0 Å². The predicted octanol–water partition coefficient (Wildman–Crippen LogP) is 2.06. The third-order valence-electron chi connectivity index (χ3n) is 1.95. The predicted molar refractivity (Wildman–Crippen MR) is 60.9 cm³/mol. The van der Waals surface area contributed by atoms with Gasteiger partial charge in [0.15, 0.2) is 0 Å². The van der Waals surface area contributed by atoms with Gasteiger partial charge in [0.25, 0.3) is 0 Å². The van der Waals surface area contributed by atoms with Gasteiger partial charge in [-0.25, -0.2) is 4.39 Å². The molecule has 0 aliphatic heterocycles. The van der Waals surface area contributed by atoms with Crippen molar-refractivity contribution in [2.45, 2.75) is 13.3 Å². The quantitative estimate of drug-likeness (QED) is 0.796. The van der Waals surface area contributed by atoms with Crippen LogP contribution in [0, 0.1) is 17.1 Å². The van der Waals surface area contributed by atoms with Crippen molar-refractivity contribution >= 4 is 11.6 Å². The molecule has 1 rings (SSSR count). The first-order valence-electron chi connectivity index (χ1n) is 5.24. The summed E-state index contributed by atoms with van der Waals surface area (Å²) in [5, 5.41) is 11.1. The van der Waals surface area contributed by atoms with Crippen LogP contribution in [0.5, 0.6) is 0 Å². The Kier molecular flexibility index (Phi) is 5.11. The maximum absolute atomic E-state index is 13.0. The average Bonchev–Trinajstić information content (AvgIpc) is 2.32. The fraction of sp³-hybridized carbons (Fsp3) is 0.333. The zero-order valence-corrected chi connectivity index (χ0v) is 9.50. The van der Waals surface area contributed by atoms with Gasteiger partial charge in [0, 0.05) is 12.3 Å². The number of nitriles is 1. The van der Waals surface area contributed by atoms with E-state index in [-0.39, 0.29) is 18.1 Å². The van der Waals surface area contributed by atoms with Gasteiger partial charge in [0.2, 0.25) is 5.91 Å². The number of anilines is 1. The van der Waals surface area contributed by atoms with Crippen LogP contribution in [0.1, 0.15) is 18.9 Å². The monoisotopic (exact) mass is 236 g/mol. The number of nitrogens with one attached hydrogen (secondary N) is 1. The highest BCUT2D eigenvalue weighted by Crippen LogP contribution is 2.13. The van der Waals surface area contributed by atoms with Crippen molar-refractivity contribution < 1.29 is 13.9 Å². The molecule has 0 radical (unpaired) electrons. The first-order valence-corrected chi connectivity index (χ1v) is 5.24. The molecule has 1 N–H and O–H groups in total. The largest absolute Gasteiger partial charge is 0.372 e. The Bertz CT molecular complexity index is 441. The molecule has 1 aromatic carbocycles. The third-order valence-corrected chi connectivity index (χ3v) is 1.95. The summed E-state index contributed by atoms with van der Waals surface area (Å²) < 4.78 is 18.0. The molecule has 0 unspecified atom stereocenters. The first-order chi connectivity index (χ1) is 8.17. The van der Waals surface area contributed by atoms with E-state index in [0.29, 0.717) is 12.3 Å². The van der Waals surface area contributed by atoms with E-state index in [1.165, 1.54) is 12.1 Å². The molecule has 0 aliphatic carbocycles. The summed E-state index contributed by atoms with van der Waals surface area (Å²) in [6.45, 7) is 2.41. The van der Waals surface area contributed by atoms with E-state index >= 15 is 0 Å². The second-order valence-electron chi connectivity index (χ2n) is 3.41. The van der Waals surface area contributed by atoms with Crippen LogP contribution in [0.2, 0.25) is 0 Å². The molecule has 1 aromatic rings. The van der Waals surface area contributed by atoms with Crippen LogP contribution in [-0.2, 0) is 9.53 Å². The van der Waals surface area contributed by atoms with Crippen LogP contribution in [-0.4, -0.2) is 19.1 Å². The minimum atomic E-state index is -0.604. The Morgan fingerprint density at radius 3 is 3.00 bits per heavy atom. The van der Waals surface area contributed by atoms with Crippen molar-refractivity contribution in [1.82, 2.24) is 0 Å². The maximum Gasteiger partial charge on any atom is 0.250 e. The zero-order valence-electron chi connectivity index (χ0n) is 9.50. The second kappa shape index (κ2) is 6.61. The minimum absolute atomic E-state index is 0.0485. The molecule has 0 bridgehead atoms. The summed E-state index contributed by atoms with van der Waals surface area (Å²) in [7, 11) is 0. The number of amides is 1. The van der Waals surface area contributed by atoms with Gasteiger partial charge in [-0.15, -0.1) is 0 Å². The molecular formula is C12H13FN2O2. The van der Waals surface area contributed by atoms with Crippen LogP contribution in [0.4, 0.5) is 10.1 Å². The Labute approximate surface area is 99.0 Å². The van der Waals surface area contributed by atoms with E-state index in [1.807, 2.05) is 6.92 Å². The van der Waals surface area contributed by atoms with Crippen LogP contribution in [0.25, 0.3) is 0 Å². The molecule has 17 heavy (non-hydrogen) atoms. The number of rotatable bonds is 5. The minimum Gasteiger partial charge on any atom is -0.372 e. The number of ether oxygens (including phenoxy) is 1. The molecule has 0 fully saturated rings. The highest BCUT2D eigenvalue weighted by molar-refractivity contribution is 5.91. The lowest BCUT2D eigenvalue weighted by Crippen LogP contribution is -2.18. The normalized spacial score (nSPS) is 9.71. The lowest BCUT2D eigenvalue weighted by atomic mass is 10.2. The van der Waals surface area contributed by atoms with E-state index in [1.54, 1.807) is 6.07 Å². The molecule has 0 saturated carbocycles. The molecular weight excluding hydrogens is 223 g/mol. The number of carbonyl (C=O) groups excluding carboxylic acids is 1. The topological polar surface area (TPSA) is 62.1 Å². The fourth-order valence-electron chi connectivity index (χ4n) is 1.19. The lowest BCUT2D eigenvalue weighted by molar-refractivity contribution is -0.120. The number of benzene rings is 1. The summed E-state index contributed by atoms with van der Waals surface area (Å²) in [4.78, 5) is 11.4. The van der Waals surface area contributed by atoms with Crippen molar-refractivity contribution in [3.05, 3.63) is 29.6 Å². The molecule has 4 nitrogen and oxygen atoms in total. The van der Waals surface area contributed by atoms with Gasteiger partial charge in [-0.05, 0) is 24.6 Å². The summed E-state index contributed by atoms with van der Waals surface area (Å²) in [6, 6.07) is 5.53. The number of nitrogens with zero attached hydrogens (tertiary/aromatic N) is 1. The summed E-state index contributed by atoms with van der Waals surface area (Å²) in [5.41, 5.74) is 0.283. The number of halogens is 1. The second-order valence-corrected chi connectivity index (χ2v) is 3.41. The average molecular weight is 236 g/mol. The summed E-state index contributed by atoms with van der Waals surface area (Å²) >= 11 is 0. The van der Waals surface area contributed by atoms with Gasteiger partial charge in [-0.3, -0.25) is 4.79 Å². The standard InChI is InChI=1S/C12H13FN2O2/c1-2-5-17-8-12(16)15-10-3-4-11(13)9(6-10)7-14/h3-4,6H,2,5,8H2,1H3,(H,15,16). The Balaban J connectivity index is 2.57. The molecule has 0 spiro atoms. The molecule has 5 heteroatoms. The molecule has 0 heterocycles. The van der Waals surface area contributed by atoms with Crippen LogP contribution >= 0.6 is 0 Å². The van der Waals surface area contributed by atoms with Gasteiger partial charge >= 0.3 is 0 Å². The molecule has 0 atom stereocenters. The molecule has 0 saturated heterocycles. The first kappa shape index (κ1) is 13.1. The molecule has 0 aromatic heterocycles. The third kappa shape index (κ3) is 4.21. The van der Waals surface area contributed by atoms with E-state index < -0.39 is 5.82 Å². The van der Waals surface area contributed by atoms with Crippen molar-refractivity contribution in [2.24, 2.45) is 0 Å². The van der Waals surface area contributed by atoms with Gasteiger partial charge in [-0.2, -0.15) is 5.26 Å². The molecule has 90 valence electrons. The molecule has 0 aliphatic rings. The Morgan fingerprint density at radius 1 is 1.59 bits per heavy atom. The van der Waals surface area contributed by atoms with E-state index in [0.717, 1.165) is 12.5 Å². The highest BCUT2D eigenvalue weighted by atomic mass is 19.1. The lowest BCUT2D eigenvalue weighted by Gasteiger charge is -2.06. The SMILES string of the molecule is CCCOCC(=O)Nc1ccc(F)c(C#N)c1. The number of hydrogen-bond donors (Lipinski definition) is 1. The Hall–Kier alpha value is -1.93. The van der Waals surface area contributed by atoms with Crippen molar-refractivity contribution in [3.8, 4) is 6.07 Å². The van der Waals surface area contributed by atoms with Gasteiger partial charge in [-0.1, -0.05) is 6.92 Å². The van der Waals surface area contributed by atoms with E-state index in [2.05, 4.69) is 5.32 Å². The van der Waals surface area contributed by atoms with E-state index in [4.69, 9.17) is 10.00 Å². The Morgan fingerprint density at radius 2 is 2.35 bits per heavy atom. The van der Waals surface area contributed by atoms with Gasteiger partial charge in [0.1, 0.15) is 18.5 Å². The summed E-state index contributed by atoms with van der Waals surface area (Å²) in [6.07, 6.45) is 0.836. The van der Waals surface area contributed by atoms with Crippen molar-refractivity contribution in [3.63, 3.8) is 0 Å².